The number of benzene rings is 2. The fraction of sp³-hybridized carbons (Fsp3) is 0.227. The van der Waals surface area contributed by atoms with Crippen LogP contribution in [0.4, 0.5) is 0 Å². The highest BCUT2D eigenvalue weighted by Gasteiger charge is 2.15. The van der Waals surface area contributed by atoms with Crippen LogP contribution in [-0.2, 0) is 24.4 Å². The summed E-state index contributed by atoms with van der Waals surface area (Å²) in [4.78, 5) is 37.8. The van der Waals surface area contributed by atoms with Gasteiger partial charge in [0.2, 0.25) is 5.91 Å². The largest absolute Gasteiger partial charge is 0.493 e. The van der Waals surface area contributed by atoms with Gasteiger partial charge in [0, 0.05) is 18.7 Å². The molecule has 0 aliphatic heterocycles. The zero-order chi connectivity index (χ0) is 21.7. The summed E-state index contributed by atoms with van der Waals surface area (Å²) < 4.78 is 13.2. The van der Waals surface area contributed by atoms with E-state index >= 15 is 0 Å². The highest BCUT2D eigenvalue weighted by Crippen LogP contribution is 2.30. The Bertz CT molecular complexity index is 1210. The minimum atomic E-state index is -0.760. The standard InChI is InChI=1S/C22H23N3O5/c1-4-12-24-16-9-5-6-10-17(16)25(22(28)21(24)27)14-19(26)23-13-15-8-7-11-18(29-2)20(15)30-3/h4-11H,1,12-14H2,2-3H3,(H,23,26). The molecule has 0 spiro atoms. The maximum Gasteiger partial charge on any atom is 0.317 e. The van der Waals surface area contributed by atoms with E-state index in [9.17, 15) is 14.4 Å². The lowest BCUT2D eigenvalue weighted by atomic mass is 10.2. The number of nitrogens with one attached hydrogen (secondary N) is 1. The van der Waals surface area contributed by atoms with Crippen LogP contribution in [0.2, 0.25) is 0 Å². The first-order valence-corrected chi connectivity index (χ1v) is 9.31. The molecule has 2 aromatic carbocycles. The number of carbonyl (C=O) groups excluding carboxylic acids is 1. The van der Waals surface area contributed by atoms with Gasteiger partial charge in [-0.25, -0.2) is 0 Å². The summed E-state index contributed by atoms with van der Waals surface area (Å²) in [5.74, 6) is 0.667. The number of para-hydroxylation sites is 3. The summed E-state index contributed by atoms with van der Waals surface area (Å²) in [6.07, 6.45) is 1.55. The predicted octanol–water partition coefficient (Wildman–Crippen LogP) is 1.68. The molecule has 1 aromatic heterocycles. The number of methoxy groups -OCH3 is 2. The van der Waals surface area contributed by atoms with Crippen molar-refractivity contribution in [1.82, 2.24) is 14.5 Å². The molecule has 0 aliphatic carbocycles. The molecule has 0 fully saturated rings. The van der Waals surface area contributed by atoms with Crippen molar-refractivity contribution in [2.75, 3.05) is 14.2 Å². The molecule has 8 heteroatoms. The van der Waals surface area contributed by atoms with Crippen LogP contribution in [0.1, 0.15) is 5.56 Å². The molecule has 3 rings (SSSR count). The number of amides is 1. The lowest BCUT2D eigenvalue weighted by molar-refractivity contribution is -0.121. The maximum atomic E-state index is 12.7. The van der Waals surface area contributed by atoms with Crippen molar-refractivity contribution < 1.29 is 14.3 Å². The number of hydrogen-bond donors (Lipinski definition) is 1. The van der Waals surface area contributed by atoms with Crippen LogP contribution in [0.3, 0.4) is 0 Å². The van der Waals surface area contributed by atoms with E-state index in [1.807, 2.05) is 0 Å². The lowest BCUT2D eigenvalue weighted by Crippen LogP contribution is -2.43. The molecule has 0 atom stereocenters. The highest BCUT2D eigenvalue weighted by atomic mass is 16.5. The number of allylic oxidation sites excluding steroid dienone is 1. The Kier molecular flexibility index (Phi) is 6.36. The number of carbonyl (C=O) groups is 1. The predicted molar refractivity (Wildman–Crippen MR) is 114 cm³/mol. The molecule has 1 heterocycles. The molecule has 0 saturated heterocycles. The Labute approximate surface area is 173 Å². The molecule has 0 saturated carbocycles. The zero-order valence-electron chi connectivity index (χ0n) is 16.9. The Morgan fingerprint density at radius 3 is 2.30 bits per heavy atom. The second-order valence-electron chi connectivity index (χ2n) is 6.51. The Balaban J connectivity index is 1.89. The first-order chi connectivity index (χ1) is 14.5. The van der Waals surface area contributed by atoms with E-state index in [1.54, 1.807) is 48.5 Å². The Morgan fingerprint density at radius 1 is 1.00 bits per heavy atom. The van der Waals surface area contributed by atoms with E-state index in [1.165, 1.54) is 23.4 Å². The molecule has 0 aliphatic rings. The average molecular weight is 409 g/mol. The fourth-order valence-corrected chi connectivity index (χ4v) is 3.32. The van der Waals surface area contributed by atoms with Gasteiger partial charge < -0.3 is 14.8 Å². The van der Waals surface area contributed by atoms with Crippen LogP contribution >= 0.6 is 0 Å². The number of aromatic nitrogens is 2. The quantitative estimate of drug-likeness (QED) is 0.452. The number of ether oxygens (including phenoxy) is 2. The van der Waals surface area contributed by atoms with E-state index in [-0.39, 0.29) is 19.6 Å². The summed E-state index contributed by atoms with van der Waals surface area (Å²) in [6, 6.07) is 12.3. The van der Waals surface area contributed by atoms with Crippen molar-refractivity contribution in [2.45, 2.75) is 19.6 Å². The van der Waals surface area contributed by atoms with Gasteiger partial charge in [-0.05, 0) is 18.2 Å². The van der Waals surface area contributed by atoms with Crippen LogP contribution in [0, 0.1) is 0 Å². The van der Waals surface area contributed by atoms with Crippen LogP contribution in [0.5, 0.6) is 11.5 Å². The van der Waals surface area contributed by atoms with E-state index < -0.39 is 17.0 Å². The molecule has 3 aromatic rings. The van der Waals surface area contributed by atoms with Gasteiger partial charge in [0.05, 0.1) is 25.3 Å². The van der Waals surface area contributed by atoms with Gasteiger partial charge in [-0.15, -0.1) is 6.58 Å². The van der Waals surface area contributed by atoms with Crippen molar-refractivity contribution in [2.24, 2.45) is 0 Å². The maximum absolute atomic E-state index is 12.7. The van der Waals surface area contributed by atoms with Crippen molar-refractivity contribution in [3.05, 3.63) is 81.4 Å². The molecule has 30 heavy (non-hydrogen) atoms. The molecule has 0 bridgehead atoms. The van der Waals surface area contributed by atoms with Gasteiger partial charge in [-0.2, -0.15) is 0 Å². The SMILES string of the molecule is C=CCn1c(=O)c(=O)n(CC(=O)NCc2cccc(OC)c2OC)c2ccccc21. The molecule has 156 valence electrons. The summed E-state index contributed by atoms with van der Waals surface area (Å²) in [5.41, 5.74) is 0.326. The minimum absolute atomic E-state index is 0.180. The van der Waals surface area contributed by atoms with Crippen LogP contribution in [0.25, 0.3) is 11.0 Å². The van der Waals surface area contributed by atoms with Gasteiger partial charge in [0.15, 0.2) is 11.5 Å². The van der Waals surface area contributed by atoms with Gasteiger partial charge >= 0.3 is 11.1 Å². The topological polar surface area (TPSA) is 91.6 Å². The lowest BCUT2D eigenvalue weighted by Gasteiger charge is -2.15. The molecular weight excluding hydrogens is 386 g/mol. The van der Waals surface area contributed by atoms with Crippen molar-refractivity contribution >= 4 is 16.9 Å². The third-order valence-corrected chi connectivity index (χ3v) is 4.71. The van der Waals surface area contributed by atoms with E-state index in [4.69, 9.17) is 9.47 Å². The van der Waals surface area contributed by atoms with E-state index in [0.717, 1.165) is 5.56 Å². The number of fused-ring (bicyclic) bond motifs is 1. The Hall–Kier alpha value is -3.81. The van der Waals surface area contributed by atoms with Crippen LogP contribution in [0.15, 0.2) is 64.7 Å². The monoisotopic (exact) mass is 409 g/mol. The second kappa shape index (κ2) is 9.13. The summed E-state index contributed by atoms with van der Waals surface area (Å²) in [6.45, 7) is 3.74. The third-order valence-electron chi connectivity index (χ3n) is 4.71. The van der Waals surface area contributed by atoms with E-state index in [0.29, 0.717) is 22.5 Å². The van der Waals surface area contributed by atoms with Crippen molar-refractivity contribution in [3.8, 4) is 11.5 Å². The first kappa shape index (κ1) is 20.9. The second-order valence-corrected chi connectivity index (χ2v) is 6.51. The minimum Gasteiger partial charge on any atom is -0.493 e. The Morgan fingerprint density at radius 2 is 1.67 bits per heavy atom. The summed E-state index contributed by atoms with van der Waals surface area (Å²) in [5, 5.41) is 2.77. The van der Waals surface area contributed by atoms with Gasteiger partial charge in [-0.3, -0.25) is 23.5 Å². The molecular formula is C22H23N3O5. The first-order valence-electron chi connectivity index (χ1n) is 9.31. The smallest absolute Gasteiger partial charge is 0.317 e. The van der Waals surface area contributed by atoms with Crippen LogP contribution < -0.4 is 25.9 Å². The van der Waals surface area contributed by atoms with Crippen molar-refractivity contribution in [1.29, 1.82) is 0 Å². The fourth-order valence-electron chi connectivity index (χ4n) is 3.32. The van der Waals surface area contributed by atoms with Gasteiger partial charge in [0.1, 0.15) is 6.54 Å². The van der Waals surface area contributed by atoms with Crippen LogP contribution in [-0.4, -0.2) is 29.3 Å². The molecule has 1 N–H and O–H groups in total. The molecule has 0 unspecified atom stereocenters. The summed E-state index contributed by atoms with van der Waals surface area (Å²) >= 11 is 0. The third kappa shape index (κ3) is 3.98. The number of hydrogen-bond acceptors (Lipinski definition) is 5. The number of rotatable bonds is 8. The van der Waals surface area contributed by atoms with E-state index in [2.05, 4.69) is 11.9 Å². The molecule has 0 radical (unpaired) electrons. The molecule has 8 nitrogen and oxygen atoms in total. The summed E-state index contributed by atoms with van der Waals surface area (Å²) in [7, 11) is 3.05. The number of nitrogens with zero attached hydrogens (tertiary/aromatic N) is 2. The van der Waals surface area contributed by atoms with Crippen molar-refractivity contribution in [3.63, 3.8) is 0 Å². The van der Waals surface area contributed by atoms with Gasteiger partial charge in [0.25, 0.3) is 0 Å². The molecule has 1 amide bonds. The average Bonchev–Trinajstić information content (AvgIpc) is 2.77. The highest BCUT2D eigenvalue weighted by molar-refractivity contribution is 5.80. The zero-order valence-corrected chi connectivity index (χ0v) is 16.9. The van der Waals surface area contributed by atoms with Gasteiger partial charge in [-0.1, -0.05) is 30.3 Å². The normalized spacial score (nSPS) is 10.6.